The zero-order chi connectivity index (χ0) is 21.6. The van der Waals surface area contributed by atoms with Crippen LogP contribution in [0.1, 0.15) is 22.8 Å². The molecule has 2 unspecified atom stereocenters. The number of fused-ring (bicyclic) bond motifs is 5. The molecule has 1 aromatic carbocycles. The molecule has 2 aromatic rings. The van der Waals surface area contributed by atoms with Crippen LogP contribution in [0.15, 0.2) is 35.1 Å². The Balaban J connectivity index is 2.07. The minimum Gasteiger partial charge on any atom is -0.493 e. The molecule has 0 amide bonds. The maximum Gasteiger partial charge on any atom is 0.313 e. The number of hydrogen-bond acceptors (Lipinski definition) is 8. The standard InChI is InChI=1S/C21H20BrNO7/c1-26-14-7-10-12(8-15(14)27-2)21(11-5-6-23-9-13(11)22)17(20(25)29-4)16(18(10)30-21)19(24)28-3/h5-9,16-18H,1-4H3/t16?,17?,18-,21+/m1/s1. The highest BCUT2D eigenvalue weighted by molar-refractivity contribution is 9.10. The smallest absolute Gasteiger partial charge is 0.313 e. The molecule has 30 heavy (non-hydrogen) atoms. The van der Waals surface area contributed by atoms with Crippen LogP contribution in [0.4, 0.5) is 0 Å². The van der Waals surface area contributed by atoms with Gasteiger partial charge in [0.15, 0.2) is 11.5 Å². The Hall–Kier alpha value is -2.65. The second-order valence-corrected chi connectivity index (χ2v) is 7.83. The van der Waals surface area contributed by atoms with E-state index in [1.807, 2.05) is 0 Å². The first-order chi connectivity index (χ1) is 14.4. The lowest BCUT2D eigenvalue weighted by molar-refractivity contribution is -0.158. The van der Waals surface area contributed by atoms with Crippen LogP contribution in [0.2, 0.25) is 0 Å². The highest BCUT2D eigenvalue weighted by Crippen LogP contribution is 2.65. The average molecular weight is 478 g/mol. The van der Waals surface area contributed by atoms with Crippen molar-refractivity contribution in [1.29, 1.82) is 0 Å². The maximum absolute atomic E-state index is 13.0. The van der Waals surface area contributed by atoms with E-state index in [0.717, 1.165) is 5.56 Å². The highest BCUT2D eigenvalue weighted by Gasteiger charge is 2.69. The summed E-state index contributed by atoms with van der Waals surface area (Å²) >= 11 is 3.52. The van der Waals surface area contributed by atoms with Gasteiger partial charge in [-0.2, -0.15) is 0 Å². The van der Waals surface area contributed by atoms with E-state index in [1.165, 1.54) is 28.4 Å². The Labute approximate surface area is 181 Å². The van der Waals surface area contributed by atoms with E-state index < -0.39 is 35.5 Å². The molecule has 0 spiro atoms. The number of methoxy groups -OCH3 is 4. The van der Waals surface area contributed by atoms with Crippen LogP contribution >= 0.6 is 15.9 Å². The van der Waals surface area contributed by atoms with Crippen molar-refractivity contribution in [3.8, 4) is 11.5 Å². The number of benzene rings is 1. The number of hydrogen-bond donors (Lipinski definition) is 0. The maximum atomic E-state index is 13.0. The van der Waals surface area contributed by atoms with Gasteiger partial charge in [0.05, 0.1) is 34.5 Å². The normalized spacial score (nSPS) is 26.1. The molecule has 1 saturated heterocycles. The lowest BCUT2D eigenvalue weighted by atomic mass is 9.66. The summed E-state index contributed by atoms with van der Waals surface area (Å²) in [6.07, 6.45) is 2.49. The molecule has 9 heteroatoms. The predicted molar refractivity (Wildman–Crippen MR) is 107 cm³/mol. The molecular formula is C21H20BrNO7. The average Bonchev–Trinajstić information content (AvgIpc) is 3.29. The van der Waals surface area contributed by atoms with Crippen LogP contribution < -0.4 is 9.47 Å². The van der Waals surface area contributed by atoms with Crippen LogP contribution in [0, 0.1) is 11.8 Å². The molecule has 4 atom stereocenters. The zero-order valence-electron chi connectivity index (χ0n) is 16.8. The van der Waals surface area contributed by atoms with E-state index in [9.17, 15) is 9.59 Å². The number of rotatable bonds is 5. The Bertz CT molecular complexity index is 1030. The molecule has 1 fully saturated rings. The first-order valence-electron chi connectivity index (χ1n) is 9.14. The quantitative estimate of drug-likeness (QED) is 0.606. The predicted octanol–water partition coefficient (Wildman–Crippen LogP) is 2.77. The van der Waals surface area contributed by atoms with Crippen molar-refractivity contribution >= 4 is 27.9 Å². The molecule has 2 aliphatic heterocycles. The fraction of sp³-hybridized carbons (Fsp3) is 0.381. The number of aromatic nitrogens is 1. The van der Waals surface area contributed by atoms with Crippen LogP contribution in [0.5, 0.6) is 11.5 Å². The van der Waals surface area contributed by atoms with E-state index >= 15 is 0 Å². The van der Waals surface area contributed by atoms with Crippen LogP contribution in [-0.4, -0.2) is 45.4 Å². The van der Waals surface area contributed by atoms with Crippen LogP contribution in [0.25, 0.3) is 0 Å². The summed E-state index contributed by atoms with van der Waals surface area (Å²) in [6.45, 7) is 0. The van der Waals surface area contributed by atoms with E-state index in [2.05, 4.69) is 20.9 Å². The largest absolute Gasteiger partial charge is 0.493 e. The van der Waals surface area contributed by atoms with Gasteiger partial charge >= 0.3 is 11.9 Å². The van der Waals surface area contributed by atoms with E-state index in [4.69, 9.17) is 23.7 Å². The minimum absolute atomic E-state index is 0.482. The van der Waals surface area contributed by atoms with Crippen molar-refractivity contribution in [2.24, 2.45) is 11.8 Å². The Morgan fingerprint density at radius 1 is 1.03 bits per heavy atom. The SMILES string of the molecule is COC(=O)C1C(C(=O)OC)[C@@]2(c3ccncc3Br)O[C@@H]1c1cc(OC)c(OC)cc12. The van der Waals surface area contributed by atoms with E-state index in [-0.39, 0.29) is 0 Å². The first kappa shape index (κ1) is 20.6. The minimum atomic E-state index is -1.30. The molecule has 0 N–H and O–H groups in total. The molecule has 8 nitrogen and oxygen atoms in total. The van der Waals surface area contributed by atoms with Gasteiger partial charge in [-0.1, -0.05) is 0 Å². The van der Waals surface area contributed by atoms with Gasteiger partial charge in [0.25, 0.3) is 0 Å². The molecule has 0 aliphatic carbocycles. The third-order valence-corrected chi connectivity index (χ3v) is 6.43. The van der Waals surface area contributed by atoms with Gasteiger partial charge in [0.2, 0.25) is 0 Å². The van der Waals surface area contributed by atoms with Gasteiger partial charge in [-0.25, -0.2) is 0 Å². The molecule has 4 rings (SSSR count). The lowest BCUT2D eigenvalue weighted by Gasteiger charge is -2.36. The van der Waals surface area contributed by atoms with Gasteiger partial charge in [-0.15, -0.1) is 0 Å². The Morgan fingerprint density at radius 2 is 1.70 bits per heavy atom. The fourth-order valence-corrected chi connectivity index (χ4v) is 5.15. The summed E-state index contributed by atoms with van der Waals surface area (Å²) in [5.41, 5.74) is 0.780. The van der Waals surface area contributed by atoms with Crippen molar-refractivity contribution in [3.63, 3.8) is 0 Å². The summed E-state index contributed by atoms with van der Waals surface area (Å²) in [6, 6.07) is 5.31. The molecule has 2 bridgehead atoms. The van der Waals surface area contributed by atoms with E-state index in [0.29, 0.717) is 27.1 Å². The summed E-state index contributed by atoms with van der Waals surface area (Å²) in [7, 11) is 5.63. The Morgan fingerprint density at radius 3 is 2.30 bits per heavy atom. The van der Waals surface area contributed by atoms with Gasteiger partial charge in [-0.05, 0) is 45.3 Å². The summed E-state index contributed by atoms with van der Waals surface area (Å²) in [5, 5.41) is 0. The Kier molecular flexibility index (Phi) is 5.19. The summed E-state index contributed by atoms with van der Waals surface area (Å²) in [4.78, 5) is 29.9. The number of ether oxygens (including phenoxy) is 5. The number of nitrogens with zero attached hydrogens (tertiary/aromatic N) is 1. The number of carbonyl (C=O) groups is 2. The monoisotopic (exact) mass is 477 g/mol. The number of pyridine rings is 1. The molecule has 2 aliphatic rings. The fourth-order valence-electron chi connectivity index (χ4n) is 4.60. The van der Waals surface area contributed by atoms with Crippen molar-refractivity contribution in [1.82, 2.24) is 4.98 Å². The van der Waals surface area contributed by atoms with Crippen molar-refractivity contribution < 1.29 is 33.3 Å². The first-order valence-corrected chi connectivity index (χ1v) is 9.93. The number of esters is 2. The summed E-state index contributed by atoms with van der Waals surface area (Å²) < 4.78 is 28.2. The number of carbonyl (C=O) groups excluding carboxylic acids is 2. The van der Waals surface area contributed by atoms with Crippen molar-refractivity contribution in [2.75, 3.05) is 28.4 Å². The van der Waals surface area contributed by atoms with Gasteiger partial charge < -0.3 is 23.7 Å². The number of halogens is 1. The molecule has 1 aromatic heterocycles. The van der Waals surface area contributed by atoms with Gasteiger partial charge in [-0.3, -0.25) is 14.6 Å². The molecule has 158 valence electrons. The summed E-state index contributed by atoms with van der Waals surface area (Å²) in [5.74, 6) is -2.01. The van der Waals surface area contributed by atoms with Gasteiger partial charge in [0.1, 0.15) is 17.4 Å². The van der Waals surface area contributed by atoms with Crippen molar-refractivity contribution in [2.45, 2.75) is 11.7 Å². The zero-order valence-corrected chi connectivity index (χ0v) is 18.4. The van der Waals surface area contributed by atoms with Gasteiger partial charge in [0, 0.05) is 22.4 Å². The second kappa shape index (κ2) is 7.55. The third kappa shape index (κ3) is 2.65. The van der Waals surface area contributed by atoms with Crippen LogP contribution in [-0.2, 0) is 29.4 Å². The molecular weight excluding hydrogens is 458 g/mol. The highest BCUT2D eigenvalue weighted by atomic mass is 79.9. The van der Waals surface area contributed by atoms with Crippen molar-refractivity contribution in [3.05, 3.63) is 51.8 Å². The third-order valence-electron chi connectivity index (χ3n) is 5.80. The molecule has 0 radical (unpaired) electrons. The lowest BCUT2D eigenvalue weighted by Crippen LogP contribution is -2.45. The second-order valence-electron chi connectivity index (χ2n) is 6.97. The molecule has 0 saturated carbocycles. The topological polar surface area (TPSA) is 93.2 Å². The van der Waals surface area contributed by atoms with Crippen LogP contribution in [0.3, 0.4) is 0 Å². The van der Waals surface area contributed by atoms with E-state index in [1.54, 1.807) is 30.6 Å². The molecule has 3 heterocycles.